The van der Waals surface area contributed by atoms with E-state index < -0.39 is 107 Å². The molecule has 0 saturated carbocycles. The summed E-state index contributed by atoms with van der Waals surface area (Å²) >= 11 is 0. The summed E-state index contributed by atoms with van der Waals surface area (Å²) in [4.78, 5) is 19.9. The van der Waals surface area contributed by atoms with Crippen LogP contribution in [0, 0.1) is 54.0 Å². The number of halogens is 11. The van der Waals surface area contributed by atoms with E-state index in [4.69, 9.17) is 23.2 Å². The van der Waals surface area contributed by atoms with Crippen LogP contribution in [0.1, 0.15) is 20.7 Å². The second-order valence-electron chi connectivity index (χ2n) is 13.9. The third-order valence-electron chi connectivity index (χ3n) is 8.97. The molecule has 2 N–H and O–H groups in total. The van der Waals surface area contributed by atoms with Gasteiger partial charge in [-0.2, -0.15) is 13.2 Å². The summed E-state index contributed by atoms with van der Waals surface area (Å²) < 4.78 is 173. The summed E-state index contributed by atoms with van der Waals surface area (Å²) in [6, 6.07) is 41.1. The molecule has 0 unspecified atom stereocenters. The van der Waals surface area contributed by atoms with Crippen LogP contribution in [0.3, 0.4) is 0 Å². The average Bonchev–Trinajstić information content (AvgIpc) is 3.33. The predicted octanol–water partition coefficient (Wildman–Crippen LogP) is 9.10. The molecule has 0 spiro atoms. The number of benzene rings is 8. The molecule has 8 aromatic carbocycles. The van der Waals surface area contributed by atoms with E-state index in [1.807, 2.05) is 0 Å². The van der Waals surface area contributed by atoms with Crippen molar-refractivity contribution in [3.8, 4) is 11.5 Å². The summed E-state index contributed by atoms with van der Waals surface area (Å²) in [5, 5.41) is 38.1. The number of hydrogen-bond donors (Lipinski definition) is 2. The van der Waals surface area contributed by atoms with Gasteiger partial charge >= 0.3 is 47.0 Å². The van der Waals surface area contributed by atoms with Gasteiger partial charge in [0.1, 0.15) is 21.8 Å². The fourth-order valence-corrected chi connectivity index (χ4v) is 10.1. The Hall–Kier alpha value is -6.86. The maximum absolute atomic E-state index is 14.3. The maximum Gasteiger partial charge on any atom is 1.00 e. The molecule has 394 valence electrons. The molecule has 0 fully saturated rings. The number of rotatable bonds is 8. The van der Waals surface area contributed by atoms with Crippen molar-refractivity contribution in [2.45, 2.75) is 34.9 Å². The molecule has 0 radical (unpaired) electrons. The summed E-state index contributed by atoms with van der Waals surface area (Å²) in [6.45, 7) is 0. The average molecular weight is 1130 g/mol. The van der Waals surface area contributed by atoms with Gasteiger partial charge < -0.3 is 32.4 Å². The van der Waals surface area contributed by atoms with Crippen molar-refractivity contribution in [1.82, 2.24) is 0 Å². The molecule has 76 heavy (non-hydrogen) atoms. The second-order valence-corrected chi connectivity index (χ2v) is 19.1. The van der Waals surface area contributed by atoms with Crippen molar-refractivity contribution in [2.24, 2.45) is 0 Å². The molecule has 0 aliphatic rings. The molecule has 0 amide bonds. The predicted molar refractivity (Wildman–Crippen MR) is 251 cm³/mol. The number of alkyl halides is 3. The number of carboxylic acids is 2. The van der Waals surface area contributed by atoms with Crippen LogP contribution < -0.4 is 39.8 Å². The zero-order valence-corrected chi connectivity index (χ0v) is 43.4. The quantitative estimate of drug-likeness (QED) is 0.0375. The number of para-hydroxylation sites is 2. The van der Waals surface area contributed by atoms with Gasteiger partial charge in [0.2, 0.25) is 19.6 Å². The Morgan fingerprint density at radius 1 is 0.395 bits per heavy atom. The molecule has 8 rings (SSSR count). The maximum atomic E-state index is 14.3. The van der Waals surface area contributed by atoms with Crippen molar-refractivity contribution < 1.29 is 121 Å². The van der Waals surface area contributed by atoms with E-state index >= 15 is 0 Å². The molecular weight excluding hydrogens is 1100 g/mol. The third-order valence-corrected chi connectivity index (χ3v) is 14.2. The Balaban J connectivity index is 0.000000346. The van der Waals surface area contributed by atoms with Crippen molar-refractivity contribution in [3.05, 3.63) is 247 Å². The van der Waals surface area contributed by atoms with E-state index in [-0.39, 0.29) is 67.7 Å². The summed E-state index contributed by atoms with van der Waals surface area (Å²) in [5.74, 6) is -9.92. The summed E-state index contributed by atoms with van der Waals surface area (Å²) in [7, 11) is -9.21. The first kappa shape index (κ1) is 65.3. The minimum absolute atomic E-state index is 0. The largest absolute Gasteiger partial charge is 1.00 e. The number of hydrogen-bond acceptors (Lipinski definition) is 7. The zero-order chi connectivity index (χ0) is 54.9. The molecular formula is C52H35F11NaO9S3-. The van der Waals surface area contributed by atoms with Crippen molar-refractivity contribution in [2.75, 3.05) is 0 Å². The number of aromatic carboxylic acids is 2. The van der Waals surface area contributed by atoms with Crippen LogP contribution in [-0.2, 0) is 31.9 Å². The molecule has 24 heteroatoms. The van der Waals surface area contributed by atoms with Gasteiger partial charge in [-0.1, -0.05) is 109 Å². The van der Waals surface area contributed by atoms with Crippen molar-refractivity contribution in [1.29, 1.82) is 0 Å². The van der Waals surface area contributed by atoms with Crippen LogP contribution in [0.2, 0.25) is 0 Å². The van der Waals surface area contributed by atoms with Crippen LogP contribution in [0.25, 0.3) is 0 Å². The Kier molecular flexibility index (Phi) is 25.8. The SMILES string of the molecule is Fc1cccc(F)c1[S+](c1ccccc1)c1c(F)cccc1F.Fc1cccc(F)c1[S+](c1ccccc1)c1c(F)cccc1F.O=C(O)c1ccccc1[O-].O=C(O)c1ccccc1[O-].O=S(=O)([O-])C(F)(F)F.[CH3-].[Na+]. The minimum atomic E-state index is -6.09. The Morgan fingerprint density at radius 2 is 0.592 bits per heavy atom. The zero-order valence-electron chi connectivity index (χ0n) is 39.0. The minimum Gasteiger partial charge on any atom is -0.872 e. The van der Waals surface area contributed by atoms with E-state index in [1.54, 1.807) is 60.7 Å². The fraction of sp³-hybridized carbons (Fsp3) is 0.0192. The molecule has 0 atom stereocenters. The molecule has 0 heterocycles. The molecule has 8 aromatic rings. The van der Waals surface area contributed by atoms with Gasteiger partial charge in [0.25, 0.3) is 0 Å². The topological polar surface area (TPSA) is 178 Å². The van der Waals surface area contributed by atoms with E-state index in [0.717, 1.165) is 48.5 Å². The number of carbonyl (C=O) groups is 2. The monoisotopic (exact) mass is 1130 g/mol. The Labute approximate surface area is 455 Å². The van der Waals surface area contributed by atoms with Crippen LogP contribution in [0.4, 0.5) is 48.3 Å². The first-order chi connectivity index (χ1) is 34.9. The molecule has 0 saturated heterocycles. The number of carboxylic acid groups (broad SMARTS) is 2. The normalized spacial score (nSPS) is 10.6. The van der Waals surface area contributed by atoms with E-state index in [9.17, 15) is 68.1 Å². The van der Waals surface area contributed by atoms with E-state index in [2.05, 4.69) is 0 Å². The molecule has 9 nitrogen and oxygen atoms in total. The van der Waals surface area contributed by atoms with Gasteiger partial charge in [0.05, 0.1) is 11.1 Å². The van der Waals surface area contributed by atoms with E-state index in [0.29, 0.717) is 9.79 Å². The smallest absolute Gasteiger partial charge is 0.872 e. The first-order valence-corrected chi connectivity index (χ1v) is 24.1. The fourth-order valence-electron chi connectivity index (χ4n) is 5.79. The Morgan fingerprint density at radius 3 is 0.763 bits per heavy atom. The van der Waals surface area contributed by atoms with Crippen LogP contribution in [0.5, 0.6) is 11.5 Å². The summed E-state index contributed by atoms with van der Waals surface area (Å²) in [6.07, 6.45) is 0. The van der Waals surface area contributed by atoms with Crippen LogP contribution in [0.15, 0.2) is 211 Å². The molecule has 0 aromatic heterocycles. The van der Waals surface area contributed by atoms with Gasteiger partial charge in [-0.25, -0.2) is 53.1 Å². The van der Waals surface area contributed by atoms with Crippen molar-refractivity contribution in [3.63, 3.8) is 0 Å². The van der Waals surface area contributed by atoms with Gasteiger partial charge in [0.15, 0.2) is 66.4 Å². The van der Waals surface area contributed by atoms with Crippen LogP contribution in [-0.4, -0.2) is 40.6 Å². The van der Waals surface area contributed by atoms with Gasteiger partial charge in [-0.3, -0.25) is 0 Å². The molecule has 0 aliphatic carbocycles. The second kappa shape index (κ2) is 30.0. The third kappa shape index (κ3) is 17.9. The van der Waals surface area contributed by atoms with Crippen molar-refractivity contribution >= 4 is 43.8 Å². The Bertz CT molecular complexity index is 2930. The van der Waals surface area contributed by atoms with Gasteiger partial charge in [-0.05, 0) is 84.9 Å². The van der Waals surface area contributed by atoms with Gasteiger partial charge in [0, 0.05) is 0 Å². The first-order valence-electron chi connectivity index (χ1n) is 20.2. The molecule has 0 bridgehead atoms. The van der Waals surface area contributed by atoms with Gasteiger partial charge in [-0.15, -0.1) is 0 Å². The van der Waals surface area contributed by atoms with E-state index in [1.165, 1.54) is 72.8 Å². The molecule has 0 aliphatic heterocycles. The standard InChI is InChI=1S/2C18H11F4S.2C7H6O3.CHF3O3S.CH3.Na/c2*19-13-8-4-9-14(20)17(13)23(12-6-2-1-3-7-12)18-15(21)10-5-11-16(18)22;2*8-6-4-2-1-3-5(6)7(9)10;2-1(3,4)8(5,6)7;;/h2*1-11H;2*1-4,8H,(H,9,10);(H,5,6,7);1H3;/q2*+1;;;;-1;+1/p-3. The summed E-state index contributed by atoms with van der Waals surface area (Å²) in [5.41, 5.74) is -6.00. The van der Waals surface area contributed by atoms with Crippen LogP contribution >= 0.6 is 0 Å².